The largest absolute Gasteiger partial charge is 0.490 e. The van der Waals surface area contributed by atoms with Gasteiger partial charge in [-0.2, -0.15) is 4.98 Å². The second-order valence-corrected chi connectivity index (χ2v) is 6.52. The molecule has 132 valence electrons. The molecule has 0 amide bonds. The Balaban J connectivity index is 1.41. The van der Waals surface area contributed by atoms with Gasteiger partial charge in [0.25, 0.3) is 11.6 Å². The Bertz CT molecular complexity index is 993. The Morgan fingerprint density at radius 3 is 2.77 bits per heavy atom. The number of hydrogen-bond donors (Lipinski definition) is 0. The van der Waals surface area contributed by atoms with Crippen molar-refractivity contribution < 1.29 is 9.47 Å². The number of ether oxygens (including phenoxy) is 2. The number of benzene rings is 2. The summed E-state index contributed by atoms with van der Waals surface area (Å²) in [6.45, 7) is 5.30. The van der Waals surface area contributed by atoms with Crippen molar-refractivity contribution in [2.75, 3.05) is 6.61 Å². The summed E-state index contributed by atoms with van der Waals surface area (Å²) in [5.41, 5.74) is 4.70. The SMILES string of the molecule is Cc1cccc(-c2ccc(OCC3Cn4ccc(=O)nc4O3)cc2)c1C. The first-order chi connectivity index (χ1) is 12.6. The van der Waals surface area contributed by atoms with Crippen molar-refractivity contribution in [1.29, 1.82) is 0 Å². The second kappa shape index (κ2) is 6.67. The highest BCUT2D eigenvalue weighted by Gasteiger charge is 2.23. The molecule has 0 saturated heterocycles. The molecule has 2 aromatic carbocycles. The molecule has 26 heavy (non-hydrogen) atoms. The zero-order valence-corrected chi connectivity index (χ0v) is 14.8. The van der Waals surface area contributed by atoms with Crippen LogP contribution in [0.5, 0.6) is 11.8 Å². The van der Waals surface area contributed by atoms with Crippen LogP contribution in [-0.2, 0) is 6.54 Å². The number of hydrogen-bond acceptors (Lipinski definition) is 4. The number of rotatable bonds is 4. The van der Waals surface area contributed by atoms with E-state index in [0.717, 1.165) is 5.75 Å². The average Bonchev–Trinajstić information content (AvgIpc) is 3.05. The van der Waals surface area contributed by atoms with Crippen molar-refractivity contribution in [1.82, 2.24) is 9.55 Å². The minimum absolute atomic E-state index is 0.150. The fourth-order valence-corrected chi connectivity index (χ4v) is 3.12. The summed E-state index contributed by atoms with van der Waals surface area (Å²) < 4.78 is 13.3. The molecule has 0 spiro atoms. The molecule has 5 heteroatoms. The van der Waals surface area contributed by atoms with Gasteiger partial charge in [0.15, 0.2) is 6.10 Å². The predicted molar refractivity (Wildman–Crippen MR) is 99.8 cm³/mol. The van der Waals surface area contributed by atoms with Crippen molar-refractivity contribution in [3.63, 3.8) is 0 Å². The zero-order chi connectivity index (χ0) is 18.1. The van der Waals surface area contributed by atoms with E-state index in [9.17, 15) is 4.79 Å². The first kappa shape index (κ1) is 16.4. The second-order valence-electron chi connectivity index (χ2n) is 6.52. The fourth-order valence-electron chi connectivity index (χ4n) is 3.12. The molecule has 3 aromatic rings. The molecular formula is C21H20N2O3. The van der Waals surface area contributed by atoms with Crippen LogP contribution in [0.2, 0.25) is 0 Å². The summed E-state index contributed by atoms with van der Waals surface area (Å²) >= 11 is 0. The fraction of sp³-hybridized carbons (Fsp3) is 0.238. The van der Waals surface area contributed by atoms with E-state index < -0.39 is 0 Å². The van der Waals surface area contributed by atoms with Crippen molar-refractivity contribution in [2.24, 2.45) is 0 Å². The molecule has 1 aromatic heterocycles. The van der Waals surface area contributed by atoms with Gasteiger partial charge >= 0.3 is 0 Å². The standard InChI is InChI=1S/C21H20N2O3/c1-14-4-3-5-19(15(14)2)16-6-8-17(9-7-16)25-13-18-12-23-11-10-20(24)22-21(23)26-18/h3-11,18H,12-13H2,1-2H3. The number of aromatic nitrogens is 2. The van der Waals surface area contributed by atoms with Crippen LogP contribution in [0.4, 0.5) is 0 Å². The van der Waals surface area contributed by atoms with Gasteiger partial charge in [-0.3, -0.25) is 9.36 Å². The Hall–Kier alpha value is -3.08. The van der Waals surface area contributed by atoms with E-state index in [-0.39, 0.29) is 11.7 Å². The lowest BCUT2D eigenvalue weighted by molar-refractivity contribution is 0.143. The maximum absolute atomic E-state index is 11.3. The van der Waals surface area contributed by atoms with Crippen LogP contribution in [0.15, 0.2) is 59.5 Å². The van der Waals surface area contributed by atoms with Crippen LogP contribution in [-0.4, -0.2) is 22.3 Å². The van der Waals surface area contributed by atoms with Gasteiger partial charge in [0.05, 0.1) is 6.54 Å². The summed E-state index contributed by atoms with van der Waals surface area (Å²) in [6, 6.07) is 16.2. The molecule has 1 unspecified atom stereocenters. The molecular weight excluding hydrogens is 328 g/mol. The van der Waals surface area contributed by atoms with E-state index in [0.29, 0.717) is 19.2 Å². The lowest BCUT2D eigenvalue weighted by Gasteiger charge is -2.12. The summed E-state index contributed by atoms with van der Waals surface area (Å²) in [5, 5.41) is 0. The zero-order valence-electron chi connectivity index (χ0n) is 14.8. The van der Waals surface area contributed by atoms with Gasteiger partial charge in [0.2, 0.25) is 0 Å². The van der Waals surface area contributed by atoms with E-state index in [1.807, 2.05) is 16.7 Å². The molecule has 0 fully saturated rings. The summed E-state index contributed by atoms with van der Waals surface area (Å²) in [7, 11) is 0. The predicted octanol–water partition coefficient (Wildman–Crippen LogP) is 3.37. The Labute approximate surface area is 151 Å². The molecule has 4 rings (SSSR count). The van der Waals surface area contributed by atoms with Gasteiger partial charge in [0, 0.05) is 12.3 Å². The number of nitrogens with zero attached hydrogens (tertiary/aromatic N) is 2. The molecule has 1 aliphatic heterocycles. The third kappa shape index (κ3) is 3.20. The number of aryl methyl sites for hydroxylation is 1. The summed E-state index contributed by atoms with van der Waals surface area (Å²) in [5.74, 6) is 0.793. The van der Waals surface area contributed by atoms with Crippen molar-refractivity contribution in [3.05, 3.63) is 76.2 Å². The van der Waals surface area contributed by atoms with Crippen LogP contribution >= 0.6 is 0 Å². The quantitative estimate of drug-likeness (QED) is 0.725. The lowest BCUT2D eigenvalue weighted by Crippen LogP contribution is -2.23. The third-order valence-corrected chi connectivity index (χ3v) is 4.73. The van der Waals surface area contributed by atoms with Gasteiger partial charge in [-0.1, -0.05) is 30.3 Å². The molecule has 5 nitrogen and oxygen atoms in total. The molecule has 0 N–H and O–H groups in total. The van der Waals surface area contributed by atoms with Crippen molar-refractivity contribution in [3.8, 4) is 22.9 Å². The number of fused-ring (bicyclic) bond motifs is 1. The minimum atomic E-state index is -0.292. The van der Waals surface area contributed by atoms with E-state index in [1.54, 1.807) is 6.20 Å². The Morgan fingerprint density at radius 1 is 1.15 bits per heavy atom. The molecule has 0 bridgehead atoms. The van der Waals surface area contributed by atoms with E-state index in [4.69, 9.17) is 9.47 Å². The smallest absolute Gasteiger partial charge is 0.300 e. The van der Waals surface area contributed by atoms with Crippen LogP contribution in [0.1, 0.15) is 11.1 Å². The summed E-state index contributed by atoms with van der Waals surface area (Å²) in [6.07, 6.45) is 1.55. The molecule has 0 aliphatic carbocycles. The molecule has 1 atom stereocenters. The van der Waals surface area contributed by atoms with Crippen LogP contribution in [0.25, 0.3) is 11.1 Å². The van der Waals surface area contributed by atoms with E-state index in [1.165, 1.54) is 28.3 Å². The maximum atomic E-state index is 11.3. The molecule has 1 aliphatic rings. The Kier molecular flexibility index (Phi) is 4.21. The minimum Gasteiger partial charge on any atom is -0.490 e. The maximum Gasteiger partial charge on any atom is 0.300 e. The van der Waals surface area contributed by atoms with Crippen LogP contribution in [0, 0.1) is 13.8 Å². The van der Waals surface area contributed by atoms with Gasteiger partial charge in [0.1, 0.15) is 12.4 Å². The van der Waals surface area contributed by atoms with E-state index in [2.05, 4.69) is 49.2 Å². The first-order valence-corrected chi connectivity index (χ1v) is 8.64. The Morgan fingerprint density at radius 2 is 1.96 bits per heavy atom. The highest BCUT2D eigenvalue weighted by Crippen LogP contribution is 2.27. The van der Waals surface area contributed by atoms with Gasteiger partial charge in [-0.05, 0) is 48.2 Å². The molecule has 0 saturated carbocycles. The van der Waals surface area contributed by atoms with Crippen LogP contribution < -0.4 is 15.0 Å². The highest BCUT2D eigenvalue weighted by atomic mass is 16.6. The normalized spacial score (nSPS) is 15.4. The van der Waals surface area contributed by atoms with Gasteiger partial charge in [-0.25, -0.2) is 0 Å². The van der Waals surface area contributed by atoms with Crippen molar-refractivity contribution >= 4 is 0 Å². The highest BCUT2D eigenvalue weighted by molar-refractivity contribution is 5.68. The van der Waals surface area contributed by atoms with Crippen molar-refractivity contribution in [2.45, 2.75) is 26.5 Å². The third-order valence-electron chi connectivity index (χ3n) is 4.73. The lowest BCUT2D eigenvalue weighted by atomic mass is 9.97. The van der Waals surface area contributed by atoms with Crippen LogP contribution in [0.3, 0.4) is 0 Å². The summed E-state index contributed by atoms with van der Waals surface area (Å²) in [4.78, 5) is 15.1. The van der Waals surface area contributed by atoms with E-state index >= 15 is 0 Å². The van der Waals surface area contributed by atoms with Gasteiger partial charge in [-0.15, -0.1) is 0 Å². The molecule has 2 heterocycles. The topological polar surface area (TPSA) is 53.4 Å². The first-order valence-electron chi connectivity index (χ1n) is 8.64. The van der Waals surface area contributed by atoms with Gasteiger partial charge < -0.3 is 9.47 Å². The monoisotopic (exact) mass is 348 g/mol. The molecule has 0 radical (unpaired) electrons. The average molecular weight is 348 g/mol.